The van der Waals surface area contributed by atoms with Crippen molar-refractivity contribution in [2.24, 2.45) is 23.7 Å². The summed E-state index contributed by atoms with van der Waals surface area (Å²) in [7, 11) is 0. The van der Waals surface area contributed by atoms with Gasteiger partial charge in [-0.3, -0.25) is 0 Å². The van der Waals surface area contributed by atoms with Gasteiger partial charge in [0.15, 0.2) is 0 Å². The summed E-state index contributed by atoms with van der Waals surface area (Å²) >= 11 is 0. The van der Waals surface area contributed by atoms with E-state index in [1.165, 1.54) is 32.1 Å². The van der Waals surface area contributed by atoms with Crippen LogP contribution in [-0.4, -0.2) is 6.17 Å². The predicted octanol–water partition coefficient (Wildman–Crippen LogP) is 1.30. The molecule has 2 aliphatic carbocycles. The quantitative estimate of drug-likeness (QED) is 0.703. The summed E-state index contributed by atoms with van der Waals surface area (Å²) in [4.78, 5) is 0. The smallest absolute Gasteiger partial charge is 0.328 e. The van der Waals surface area contributed by atoms with Crippen molar-refractivity contribution in [1.29, 1.82) is 5.26 Å². The van der Waals surface area contributed by atoms with Crippen molar-refractivity contribution in [2.75, 3.05) is 0 Å². The van der Waals surface area contributed by atoms with Crippen LogP contribution in [0.4, 0.5) is 4.39 Å². The first-order valence-electron chi connectivity index (χ1n) is 7.06. The topological polar surface area (TPSA) is 23.8 Å². The summed E-state index contributed by atoms with van der Waals surface area (Å²) in [5.74, 6) is 1.21. The molecule has 2 aliphatic rings. The molecular weight excluding hydrogens is 299 g/mol. The molecule has 0 radical (unpaired) electrons. The molecule has 3 heteroatoms. The summed E-state index contributed by atoms with van der Waals surface area (Å²) in [5.41, 5.74) is 0. The number of hydrogen-bond donors (Lipinski definition) is 0. The van der Waals surface area contributed by atoms with E-state index in [1.807, 2.05) is 6.92 Å². The van der Waals surface area contributed by atoms with Gasteiger partial charge in [-0.25, -0.2) is 4.39 Å². The number of nitriles is 1. The van der Waals surface area contributed by atoms with E-state index in [0.717, 1.165) is 12.3 Å². The molecule has 18 heavy (non-hydrogen) atoms. The molecule has 4 unspecified atom stereocenters. The van der Waals surface area contributed by atoms with Gasteiger partial charge in [0.2, 0.25) is 0 Å². The zero-order valence-electron chi connectivity index (χ0n) is 11.7. The minimum atomic E-state index is -0.885. The van der Waals surface area contributed by atoms with E-state index >= 15 is 0 Å². The number of rotatable bonds is 2. The molecular formula is C15H23FNRb. The zero-order valence-corrected chi connectivity index (χ0v) is 16.7. The van der Waals surface area contributed by atoms with E-state index in [2.05, 4.69) is 12.5 Å². The van der Waals surface area contributed by atoms with Gasteiger partial charge in [0, 0.05) is 0 Å². The van der Waals surface area contributed by atoms with Crippen molar-refractivity contribution < 1.29 is 62.6 Å². The third-order valence-corrected chi connectivity index (χ3v) is 4.64. The van der Waals surface area contributed by atoms with Gasteiger partial charge in [-0.1, -0.05) is 19.8 Å². The van der Waals surface area contributed by atoms with E-state index in [1.54, 1.807) is 0 Å². The molecule has 2 rings (SSSR count). The molecule has 0 aromatic rings. The maximum absolute atomic E-state index is 13.9. The summed E-state index contributed by atoms with van der Waals surface area (Å²) < 4.78 is 13.9. The Labute approximate surface area is 160 Å². The largest absolute Gasteiger partial charge is 1.00 e. The van der Waals surface area contributed by atoms with Crippen molar-refractivity contribution in [3.05, 3.63) is 6.42 Å². The van der Waals surface area contributed by atoms with Crippen LogP contribution in [0.15, 0.2) is 0 Å². The van der Waals surface area contributed by atoms with Gasteiger partial charge in [0.05, 0.1) is 12.0 Å². The molecule has 96 valence electrons. The van der Waals surface area contributed by atoms with E-state index in [9.17, 15) is 4.39 Å². The molecule has 1 nitrogen and oxygen atoms in total. The van der Waals surface area contributed by atoms with Gasteiger partial charge in [0.25, 0.3) is 0 Å². The van der Waals surface area contributed by atoms with Crippen LogP contribution < -0.4 is 58.2 Å². The molecule has 0 bridgehead atoms. The van der Waals surface area contributed by atoms with Crippen LogP contribution in [-0.2, 0) is 0 Å². The van der Waals surface area contributed by atoms with Crippen LogP contribution in [0, 0.1) is 41.4 Å². The third kappa shape index (κ3) is 4.65. The molecule has 2 saturated carbocycles. The second-order valence-electron chi connectivity index (χ2n) is 6.03. The normalized spacial score (nSPS) is 37.6. The van der Waals surface area contributed by atoms with Gasteiger partial charge in [0.1, 0.15) is 6.17 Å². The molecule has 0 aromatic carbocycles. The molecule has 0 aromatic heterocycles. The van der Waals surface area contributed by atoms with Gasteiger partial charge < -0.3 is 6.42 Å². The Morgan fingerprint density at radius 2 is 1.89 bits per heavy atom. The zero-order chi connectivity index (χ0) is 12.3. The van der Waals surface area contributed by atoms with Gasteiger partial charge in [-0.15, -0.1) is 0 Å². The van der Waals surface area contributed by atoms with Crippen LogP contribution in [0.1, 0.15) is 51.9 Å². The van der Waals surface area contributed by atoms with Crippen molar-refractivity contribution in [3.8, 4) is 6.07 Å². The average molecular weight is 322 g/mol. The summed E-state index contributed by atoms with van der Waals surface area (Å²) in [5, 5.41) is 8.95. The molecule has 4 atom stereocenters. The second-order valence-corrected chi connectivity index (χ2v) is 6.03. The van der Waals surface area contributed by atoms with Crippen molar-refractivity contribution >= 4 is 0 Å². The van der Waals surface area contributed by atoms with Crippen LogP contribution >= 0.6 is 0 Å². The molecule has 0 spiro atoms. The summed E-state index contributed by atoms with van der Waals surface area (Å²) in [6.07, 6.45) is 9.44. The van der Waals surface area contributed by atoms with E-state index in [0.29, 0.717) is 12.3 Å². The summed E-state index contributed by atoms with van der Waals surface area (Å²) in [6, 6.07) is 2.15. The molecule has 0 saturated heterocycles. The van der Waals surface area contributed by atoms with Crippen LogP contribution in [0.2, 0.25) is 0 Å². The SMILES string of the molecule is CC1CC(CC2CC[CH-]CC2)CC(F)C1C#N.[Rb+]. The Hall–Kier alpha value is 1.23. The molecule has 0 N–H and O–H groups in total. The van der Waals surface area contributed by atoms with E-state index in [-0.39, 0.29) is 70.0 Å². The number of nitrogens with zero attached hydrogens (tertiary/aromatic N) is 1. The third-order valence-electron chi connectivity index (χ3n) is 4.64. The fourth-order valence-corrected chi connectivity index (χ4v) is 3.69. The first kappa shape index (κ1) is 17.3. The first-order chi connectivity index (χ1) is 8.20. The fraction of sp³-hybridized carbons (Fsp3) is 0.867. The van der Waals surface area contributed by atoms with Crippen LogP contribution in [0.3, 0.4) is 0 Å². The van der Waals surface area contributed by atoms with Crippen molar-refractivity contribution in [2.45, 2.75) is 58.0 Å². The Morgan fingerprint density at radius 3 is 2.44 bits per heavy atom. The second kappa shape index (κ2) is 8.50. The molecule has 2 fully saturated rings. The van der Waals surface area contributed by atoms with Gasteiger partial charge in [-0.2, -0.15) is 18.1 Å². The first-order valence-corrected chi connectivity index (χ1v) is 7.06. The average Bonchev–Trinajstić information content (AvgIpc) is 2.30. The Bertz CT molecular complexity index is 271. The van der Waals surface area contributed by atoms with Crippen molar-refractivity contribution in [1.82, 2.24) is 0 Å². The predicted molar refractivity (Wildman–Crippen MR) is 66.8 cm³/mol. The Kier molecular flexibility index (Phi) is 8.16. The molecule has 0 heterocycles. The molecule has 0 amide bonds. The van der Waals surface area contributed by atoms with Crippen LogP contribution in [0.5, 0.6) is 0 Å². The summed E-state index contributed by atoms with van der Waals surface area (Å²) in [6.45, 7) is 2.04. The number of halogens is 1. The van der Waals surface area contributed by atoms with Crippen LogP contribution in [0.25, 0.3) is 0 Å². The fourth-order valence-electron chi connectivity index (χ4n) is 3.69. The van der Waals surface area contributed by atoms with Gasteiger partial charge in [-0.05, 0) is 37.0 Å². The van der Waals surface area contributed by atoms with Crippen molar-refractivity contribution in [3.63, 3.8) is 0 Å². The Balaban J connectivity index is 0.00000162. The van der Waals surface area contributed by atoms with Gasteiger partial charge >= 0.3 is 58.2 Å². The number of alkyl halides is 1. The maximum Gasteiger partial charge on any atom is 1.00 e. The molecule has 0 aliphatic heterocycles. The standard InChI is InChI=1S/C15H23FN.Rb/c1-11-7-13(9-15(16)14(11)10-17)8-12-5-3-2-4-6-12;/h2,11-15H,3-9H2,1H3;/q-1;+1. The minimum absolute atomic E-state index is 0. The monoisotopic (exact) mass is 321 g/mol. The minimum Gasteiger partial charge on any atom is -0.328 e. The number of hydrogen-bond acceptors (Lipinski definition) is 1. The Morgan fingerprint density at radius 1 is 1.22 bits per heavy atom. The maximum atomic E-state index is 13.9. The van der Waals surface area contributed by atoms with E-state index < -0.39 is 6.17 Å². The van der Waals surface area contributed by atoms with E-state index in [4.69, 9.17) is 5.26 Å².